The predicted molar refractivity (Wildman–Crippen MR) is 51.8 cm³/mol. The molecule has 0 bridgehead atoms. The third kappa shape index (κ3) is 2.56. The first kappa shape index (κ1) is 12.2. The molecule has 3 nitrogen and oxygen atoms in total. The molecule has 1 rings (SSSR count). The molecule has 0 amide bonds. The van der Waals surface area contributed by atoms with Crippen LogP contribution in [-0.2, 0) is 11.4 Å². The number of hydroxylamine groups is 1. The maximum absolute atomic E-state index is 13.5. The zero-order valence-electron chi connectivity index (χ0n) is 8.23. The highest BCUT2D eigenvalue weighted by Gasteiger charge is 2.17. The molecule has 0 heterocycles. The fourth-order valence-corrected chi connectivity index (χ4v) is 1.36. The zero-order chi connectivity index (χ0) is 11.4. The first-order valence-electron chi connectivity index (χ1n) is 4.08. The number of hydrogen-bond donors (Lipinski definition) is 1. The fraction of sp³-hybridized carbons (Fsp3) is 0.333. The van der Waals surface area contributed by atoms with Gasteiger partial charge in [0.25, 0.3) is 0 Å². The minimum atomic E-state index is -0.723. The molecule has 0 radical (unpaired) electrons. The summed E-state index contributed by atoms with van der Waals surface area (Å²) in [5, 5.41) is -0.291. The van der Waals surface area contributed by atoms with Crippen LogP contribution in [-0.4, -0.2) is 14.2 Å². The molecule has 0 unspecified atom stereocenters. The number of methoxy groups -OCH3 is 1. The highest BCUT2D eigenvalue weighted by molar-refractivity contribution is 6.30. The summed E-state index contributed by atoms with van der Waals surface area (Å²) in [5.41, 5.74) is 2.38. The molecule has 0 aliphatic rings. The first-order chi connectivity index (χ1) is 7.11. The Balaban J connectivity index is 3.18. The Morgan fingerprint density at radius 1 is 1.40 bits per heavy atom. The molecule has 0 saturated carbocycles. The maximum atomic E-state index is 13.5. The monoisotopic (exact) mass is 237 g/mol. The number of halogens is 3. The van der Waals surface area contributed by atoms with Gasteiger partial charge in [0, 0.05) is 0 Å². The lowest BCUT2D eigenvalue weighted by Crippen LogP contribution is -2.14. The normalized spacial score (nSPS) is 10.5. The van der Waals surface area contributed by atoms with Crippen LogP contribution in [0.2, 0.25) is 5.02 Å². The number of ether oxygens (including phenoxy) is 1. The van der Waals surface area contributed by atoms with Gasteiger partial charge in [-0.1, -0.05) is 11.6 Å². The summed E-state index contributed by atoms with van der Waals surface area (Å²) in [4.78, 5) is 4.54. The molecule has 0 saturated heterocycles. The van der Waals surface area contributed by atoms with Gasteiger partial charge >= 0.3 is 0 Å². The summed E-state index contributed by atoms with van der Waals surface area (Å²) in [7, 11) is 2.62. The smallest absolute Gasteiger partial charge is 0.167 e. The Morgan fingerprint density at radius 3 is 2.60 bits per heavy atom. The Hall–Kier alpha value is -0.910. The second kappa shape index (κ2) is 5.25. The number of hydrogen-bond acceptors (Lipinski definition) is 3. The molecule has 0 spiro atoms. The van der Waals surface area contributed by atoms with Gasteiger partial charge in [-0.2, -0.15) is 5.48 Å². The van der Waals surface area contributed by atoms with Crippen LogP contribution in [0.25, 0.3) is 0 Å². The zero-order valence-corrected chi connectivity index (χ0v) is 8.99. The van der Waals surface area contributed by atoms with E-state index in [1.807, 2.05) is 0 Å². The third-order valence-corrected chi connectivity index (χ3v) is 2.09. The maximum Gasteiger partial charge on any atom is 0.167 e. The topological polar surface area (TPSA) is 30.5 Å². The van der Waals surface area contributed by atoms with Gasteiger partial charge in [0.05, 0.1) is 31.4 Å². The Kier molecular flexibility index (Phi) is 4.26. The van der Waals surface area contributed by atoms with Crippen LogP contribution in [0.3, 0.4) is 0 Å². The van der Waals surface area contributed by atoms with E-state index in [0.29, 0.717) is 0 Å². The summed E-state index contributed by atoms with van der Waals surface area (Å²) < 4.78 is 31.5. The van der Waals surface area contributed by atoms with Crippen molar-refractivity contribution in [3.05, 3.63) is 28.3 Å². The second-order valence-electron chi connectivity index (χ2n) is 2.69. The van der Waals surface area contributed by atoms with Gasteiger partial charge in [0.1, 0.15) is 5.82 Å². The molecular weight excluding hydrogens is 228 g/mol. The van der Waals surface area contributed by atoms with E-state index in [1.165, 1.54) is 14.2 Å². The van der Waals surface area contributed by atoms with Crippen LogP contribution >= 0.6 is 11.6 Å². The average Bonchev–Trinajstić information content (AvgIpc) is 2.21. The Labute approximate surface area is 90.9 Å². The molecule has 0 fully saturated rings. The van der Waals surface area contributed by atoms with Crippen LogP contribution in [0, 0.1) is 11.6 Å². The van der Waals surface area contributed by atoms with Gasteiger partial charge in [-0.25, -0.2) is 8.78 Å². The lowest BCUT2D eigenvalue weighted by Gasteiger charge is -2.11. The van der Waals surface area contributed by atoms with Crippen molar-refractivity contribution in [1.82, 2.24) is 5.48 Å². The van der Waals surface area contributed by atoms with E-state index in [0.717, 1.165) is 6.07 Å². The minimum Gasteiger partial charge on any atom is -0.493 e. The summed E-state index contributed by atoms with van der Waals surface area (Å²) in [6.45, 7) is -0.0387. The largest absolute Gasteiger partial charge is 0.493 e. The molecule has 1 aromatic carbocycles. The summed E-state index contributed by atoms with van der Waals surface area (Å²) >= 11 is 5.49. The van der Waals surface area contributed by atoms with Crippen molar-refractivity contribution in [2.75, 3.05) is 14.2 Å². The molecule has 0 aliphatic carbocycles. The number of rotatable bonds is 4. The molecule has 0 aliphatic heterocycles. The van der Waals surface area contributed by atoms with E-state index in [1.54, 1.807) is 0 Å². The molecular formula is C9H10ClF2NO2. The molecule has 15 heavy (non-hydrogen) atoms. The van der Waals surface area contributed by atoms with Crippen molar-refractivity contribution in [2.45, 2.75) is 6.54 Å². The van der Waals surface area contributed by atoms with E-state index in [9.17, 15) is 8.78 Å². The standard InChI is InChI=1S/C9H10ClF2NO2/c1-14-9-5(4-13-15-2)8(12)6(10)3-7(9)11/h3,13H,4H2,1-2H3. The van der Waals surface area contributed by atoms with Crippen molar-refractivity contribution < 1.29 is 18.4 Å². The SMILES string of the molecule is CONCc1c(F)c(Cl)cc(F)c1OC. The van der Waals surface area contributed by atoms with E-state index in [2.05, 4.69) is 10.3 Å². The van der Waals surface area contributed by atoms with Crippen molar-refractivity contribution in [2.24, 2.45) is 0 Å². The van der Waals surface area contributed by atoms with Gasteiger partial charge in [-0.15, -0.1) is 0 Å². The molecule has 0 atom stereocenters. The highest BCUT2D eigenvalue weighted by Crippen LogP contribution is 2.30. The van der Waals surface area contributed by atoms with Gasteiger partial charge < -0.3 is 9.57 Å². The minimum absolute atomic E-state index is 0.00986. The van der Waals surface area contributed by atoms with E-state index in [-0.39, 0.29) is 22.9 Å². The second-order valence-corrected chi connectivity index (χ2v) is 3.10. The fourth-order valence-electron chi connectivity index (χ4n) is 1.15. The van der Waals surface area contributed by atoms with Crippen LogP contribution in [0.4, 0.5) is 8.78 Å². The lowest BCUT2D eigenvalue weighted by atomic mass is 10.2. The van der Waals surface area contributed by atoms with E-state index in [4.69, 9.17) is 16.3 Å². The molecule has 1 aromatic rings. The third-order valence-electron chi connectivity index (χ3n) is 1.82. The van der Waals surface area contributed by atoms with Crippen LogP contribution in [0.5, 0.6) is 5.75 Å². The Bertz CT molecular complexity index is 360. The van der Waals surface area contributed by atoms with Crippen molar-refractivity contribution in [3.63, 3.8) is 0 Å². The van der Waals surface area contributed by atoms with Gasteiger partial charge in [0.15, 0.2) is 11.6 Å². The summed E-state index contributed by atoms with van der Waals surface area (Å²) in [5.74, 6) is -1.61. The van der Waals surface area contributed by atoms with Crippen LogP contribution in [0.1, 0.15) is 5.56 Å². The van der Waals surface area contributed by atoms with Crippen molar-refractivity contribution in [3.8, 4) is 5.75 Å². The highest BCUT2D eigenvalue weighted by atomic mass is 35.5. The summed E-state index contributed by atoms with van der Waals surface area (Å²) in [6, 6.07) is 0.867. The van der Waals surface area contributed by atoms with Gasteiger partial charge in [-0.05, 0) is 6.07 Å². The van der Waals surface area contributed by atoms with Crippen molar-refractivity contribution >= 4 is 11.6 Å². The summed E-state index contributed by atoms with van der Waals surface area (Å²) in [6.07, 6.45) is 0. The van der Waals surface area contributed by atoms with E-state index < -0.39 is 11.6 Å². The predicted octanol–water partition coefficient (Wildman–Crippen LogP) is 2.28. The van der Waals surface area contributed by atoms with Crippen molar-refractivity contribution in [1.29, 1.82) is 0 Å². The van der Waals surface area contributed by atoms with Gasteiger partial charge in [0.2, 0.25) is 0 Å². The number of benzene rings is 1. The Morgan fingerprint density at radius 2 is 2.07 bits per heavy atom. The van der Waals surface area contributed by atoms with Gasteiger partial charge in [-0.3, -0.25) is 0 Å². The molecule has 84 valence electrons. The first-order valence-corrected chi connectivity index (χ1v) is 4.45. The number of nitrogens with one attached hydrogen (secondary N) is 1. The molecule has 1 N–H and O–H groups in total. The molecule has 6 heteroatoms. The lowest BCUT2D eigenvalue weighted by molar-refractivity contribution is 0.0851. The quantitative estimate of drug-likeness (QED) is 0.644. The van der Waals surface area contributed by atoms with Crippen LogP contribution in [0.15, 0.2) is 6.07 Å². The average molecular weight is 238 g/mol. The van der Waals surface area contributed by atoms with E-state index >= 15 is 0 Å². The molecule has 0 aromatic heterocycles. The van der Waals surface area contributed by atoms with Crippen LogP contribution < -0.4 is 10.2 Å².